The predicted molar refractivity (Wildman–Crippen MR) is 79.1 cm³/mol. The van der Waals surface area contributed by atoms with Crippen molar-refractivity contribution < 1.29 is 14.3 Å². The first-order valence-electron chi connectivity index (χ1n) is 6.06. The SMILES string of the molecule is CCOc1cc(C#N)cc(Cl)c1OC(=O)c1csc(C)n1. The van der Waals surface area contributed by atoms with Crippen LogP contribution in [0.3, 0.4) is 0 Å². The van der Waals surface area contributed by atoms with Crippen LogP contribution in [0.4, 0.5) is 0 Å². The summed E-state index contributed by atoms with van der Waals surface area (Å²) in [6.45, 7) is 3.93. The van der Waals surface area contributed by atoms with Crippen molar-refractivity contribution >= 4 is 28.9 Å². The lowest BCUT2D eigenvalue weighted by Gasteiger charge is -2.11. The van der Waals surface area contributed by atoms with Crippen molar-refractivity contribution in [1.29, 1.82) is 5.26 Å². The van der Waals surface area contributed by atoms with Gasteiger partial charge in [-0.25, -0.2) is 9.78 Å². The minimum atomic E-state index is -0.619. The van der Waals surface area contributed by atoms with Crippen LogP contribution in [0.15, 0.2) is 17.5 Å². The van der Waals surface area contributed by atoms with Crippen LogP contribution in [0.5, 0.6) is 11.5 Å². The molecule has 0 amide bonds. The maximum atomic E-state index is 12.0. The van der Waals surface area contributed by atoms with Crippen LogP contribution in [-0.4, -0.2) is 17.6 Å². The fourth-order valence-electron chi connectivity index (χ4n) is 1.60. The molecule has 7 heteroatoms. The molecule has 21 heavy (non-hydrogen) atoms. The third kappa shape index (κ3) is 3.51. The number of ether oxygens (including phenoxy) is 2. The van der Waals surface area contributed by atoms with Gasteiger partial charge in [0, 0.05) is 11.4 Å². The molecule has 108 valence electrons. The molecule has 0 N–H and O–H groups in total. The van der Waals surface area contributed by atoms with E-state index in [9.17, 15) is 4.79 Å². The Labute approximate surface area is 130 Å². The molecule has 0 bridgehead atoms. The Morgan fingerprint density at radius 3 is 2.86 bits per heavy atom. The smallest absolute Gasteiger partial charge is 0.363 e. The number of carbonyl (C=O) groups is 1. The van der Waals surface area contributed by atoms with Crippen LogP contribution in [0, 0.1) is 18.3 Å². The highest BCUT2D eigenvalue weighted by molar-refractivity contribution is 7.09. The number of nitriles is 1. The first kappa shape index (κ1) is 15.3. The molecular formula is C14H11ClN2O3S. The number of hydrogen-bond donors (Lipinski definition) is 0. The summed E-state index contributed by atoms with van der Waals surface area (Å²) in [5.74, 6) is -0.276. The maximum absolute atomic E-state index is 12.0. The van der Waals surface area contributed by atoms with Crippen molar-refractivity contribution in [2.45, 2.75) is 13.8 Å². The van der Waals surface area contributed by atoms with E-state index in [0.717, 1.165) is 5.01 Å². The molecule has 0 spiro atoms. The van der Waals surface area contributed by atoms with Crippen molar-refractivity contribution in [3.8, 4) is 17.6 Å². The van der Waals surface area contributed by atoms with Crippen LogP contribution in [0.1, 0.15) is 28.0 Å². The number of thiazole rings is 1. The molecule has 0 aliphatic heterocycles. The summed E-state index contributed by atoms with van der Waals surface area (Å²) in [6, 6.07) is 4.86. The van der Waals surface area contributed by atoms with Crippen molar-refractivity contribution in [2.24, 2.45) is 0 Å². The average molecular weight is 323 g/mol. The molecule has 5 nitrogen and oxygen atoms in total. The Morgan fingerprint density at radius 1 is 1.52 bits per heavy atom. The van der Waals surface area contributed by atoms with Gasteiger partial charge >= 0.3 is 5.97 Å². The van der Waals surface area contributed by atoms with Crippen LogP contribution < -0.4 is 9.47 Å². The van der Waals surface area contributed by atoms with E-state index in [-0.39, 0.29) is 22.2 Å². The van der Waals surface area contributed by atoms with E-state index in [1.807, 2.05) is 6.07 Å². The summed E-state index contributed by atoms with van der Waals surface area (Å²) >= 11 is 7.41. The summed E-state index contributed by atoms with van der Waals surface area (Å²) in [6.07, 6.45) is 0. The second-order valence-corrected chi connectivity index (χ2v) is 5.44. The molecular weight excluding hydrogens is 312 g/mol. The second kappa shape index (κ2) is 6.57. The Bertz CT molecular complexity index is 721. The predicted octanol–water partition coefficient (Wildman–Crippen LogP) is 3.59. The summed E-state index contributed by atoms with van der Waals surface area (Å²) in [4.78, 5) is 16.1. The standard InChI is InChI=1S/C14H11ClN2O3S/c1-3-19-12-5-9(6-16)4-10(15)13(12)20-14(18)11-7-21-8(2)17-11/h4-5,7H,3H2,1-2H3. The molecule has 1 heterocycles. The molecule has 1 aromatic heterocycles. The number of aromatic nitrogens is 1. The first-order valence-corrected chi connectivity index (χ1v) is 7.31. The highest BCUT2D eigenvalue weighted by Crippen LogP contribution is 2.37. The molecule has 0 saturated carbocycles. The number of esters is 1. The summed E-state index contributed by atoms with van der Waals surface area (Å²) in [7, 11) is 0. The zero-order valence-electron chi connectivity index (χ0n) is 11.3. The minimum Gasteiger partial charge on any atom is -0.490 e. The number of nitrogens with zero attached hydrogens (tertiary/aromatic N) is 2. The van der Waals surface area contributed by atoms with Crippen LogP contribution in [-0.2, 0) is 0 Å². The fraction of sp³-hybridized carbons (Fsp3) is 0.214. The van der Waals surface area contributed by atoms with Crippen LogP contribution in [0.25, 0.3) is 0 Å². The molecule has 0 saturated heterocycles. The van der Waals surface area contributed by atoms with E-state index in [2.05, 4.69) is 4.98 Å². The lowest BCUT2D eigenvalue weighted by atomic mass is 10.2. The van der Waals surface area contributed by atoms with Gasteiger partial charge in [-0.05, 0) is 19.9 Å². The molecule has 0 unspecified atom stereocenters. The molecule has 0 fully saturated rings. The van der Waals surface area contributed by atoms with Gasteiger partial charge in [0.15, 0.2) is 17.2 Å². The van der Waals surface area contributed by atoms with Gasteiger partial charge in [-0.1, -0.05) is 11.6 Å². The summed E-state index contributed by atoms with van der Waals surface area (Å²) < 4.78 is 10.6. The van der Waals surface area contributed by atoms with Gasteiger partial charge in [0.25, 0.3) is 0 Å². The summed E-state index contributed by atoms with van der Waals surface area (Å²) in [5, 5.41) is 11.4. The van der Waals surface area contributed by atoms with E-state index in [1.54, 1.807) is 19.2 Å². The zero-order valence-corrected chi connectivity index (χ0v) is 12.9. The van der Waals surface area contributed by atoms with Gasteiger partial charge in [0.1, 0.15) is 0 Å². The van der Waals surface area contributed by atoms with E-state index in [4.69, 9.17) is 26.3 Å². The molecule has 0 radical (unpaired) electrons. The highest BCUT2D eigenvalue weighted by atomic mass is 35.5. The third-order valence-electron chi connectivity index (χ3n) is 2.46. The zero-order chi connectivity index (χ0) is 15.4. The third-order valence-corrected chi connectivity index (χ3v) is 3.52. The lowest BCUT2D eigenvalue weighted by molar-refractivity contribution is 0.0723. The van der Waals surface area contributed by atoms with E-state index >= 15 is 0 Å². The van der Waals surface area contributed by atoms with Crippen LogP contribution in [0.2, 0.25) is 5.02 Å². The van der Waals surface area contributed by atoms with E-state index in [0.29, 0.717) is 12.2 Å². The Kier molecular flexibility index (Phi) is 4.78. The van der Waals surface area contributed by atoms with Crippen molar-refractivity contribution in [3.05, 3.63) is 38.8 Å². The number of halogens is 1. The largest absolute Gasteiger partial charge is 0.490 e. The van der Waals surface area contributed by atoms with Crippen molar-refractivity contribution in [2.75, 3.05) is 6.61 Å². The molecule has 0 aliphatic rings. The van der Waals surface area contributed by atoms with Gasteiger partial charge < -0.3 is 9.47 Å². The Balaban J connectivity index is 2.34. The highest BCUT2D eigenvalue weighted by Gasteiger charge is 2.19. The molecule has 0 atom stereocenters. The summed E-state index contributed by atoms with van der Waals surface area (Å²) in [5.41, 5.74) is 0.535. The van der Waals surface area contributed by atoms with Gasteiger partial charge in [0.05, 0.1) is 28.3 Å². The number of carbonyl (C=O) groups excluding carboxylic acids is 1. The Hall–Kier alpha value is -2.10. The Morgan fingerprint density at radius 2 is 2.29 bits per heavy atom. The van der Waals surface area contributed by atoms with Gasteiger partial charge in [0.2, 0.25) is 0 Å². The number of rotatable bonds is 4. The topological polar surface area (TPSA) is 72.2 Å². The monoisotopic (exact) mass is 322 g/mol. The minimum absolute atomic E-state index is 0.0909. The normalized spacial score (nSPS) is 10.0. The van der Waals surface area contributed by atoms with Crippen molar-refractivity contribution in [3.63, 3.8) is 0 Å². The number of benzene rings is 1. The lowest BCUT2D eigenvalue weighted by Crippen LogP contribution is -2.10. The molecule has 2 rings (SSSR count). The van der Waals surface area contributed by atoms with E-state index < -0.39 is 5.97 Å². The van der Waals surface area contributed by atoms with Crippen molar-refractivity contribution in [1.82, 2.24) is 4.98 Å². The van der Waals surface area contributed by atoms with Gasteiger partial charge in [-0.2, -0.15) is 5.26 Å². The average Bonchev–Trinajstić information content (AvgIpc) is 2.89. The number of hydrogen-bond acceptors (Lipinski definition) is 6. The first-order chi connectivity index (χ1) is 10.0. The number of aryl methyl sites for hydroxylation is 1. The molecule has 0 aliphatic carbocycles. The molecule has 2 aromatic rings. The quantitative estimate of drug-likeness (QED) is 0.635. The van der Waals surface area contributed by atoms with Crippen LogP contribution >= 0.6 is 22.9 Å². The molecule has 1 aromatic carbocycles. The fourth-order valence-corrected chi connectivity index (χ4v) is 2.43. The van der Waals surface area contributed by atoms with E-state index in [1.165, 1.54) is 23.5 Å². The second-order valence-electron chi connectivity index (χ2n) is 3.97. The van der Waals surface area contributed by atoms with Gasteiger partial charge in [-0.15, -0.1) is 11.3 Å². The maximum Gasteiger partial charge on any atom is 0.363 e. The van der Waals surface area contributed by atoms with Gasteiger partial charge in [-0.3, -0.25) is 0 Å².